The van der Waals surface area contributed by atoms with Gasteiger partial charge in [-0.3, -0.25) is 9.56 Å². The number of fused-ring (bicyclic) bond motifs is 1. The van der Waals surface area contributed by atoms with E-state index in [9.17, 15) is 8.42 Å². The maximum absolute atomic E-state index is 11.2. The first-order chi connectivity index (χ1) is 7.11. The van der Waals surface area contributed by atoms with Gasteiger partial charge in [0, 0.05) is 0 Å². The summed E-state index contributed by atoms with van der Waals surface area (Å²) in [6.07, 6.45) is 0. The fourth-order valence-corrected chi connectivity index (χ4v) is 2.14. The van der Waals surface area contributed by atoms with E-state index in [1.165, 1.54) is 0 Å². The molecule has 0 radical (unpaired) electrons. The normalized spacial score (nSPS) is 17.4. The molecule has 82 valence electrons. The first kappa shape index (κ1) is 10.2. The van der Waals surface area contributed by atoms with Gasteiger partial charge < -0.3 is 4.74 Å². The summed E-state index contributed by atoms with van der Waals surface area (Å²) < 4.78 is 29.8. The third kappa shape index (κ3) is 2.20. The SMILES string of the molecule is NOCc1ccc2c(c1)NS(=O)(=O)CO2. The van der Waals surface area contributed by atoms with Crippen molar-refractivity contribution in [3.8, 4) is 5.75 Å². The molecule has 1 heterocycles. The molecule has 15 heavy (non-hydrogen) atoms. The lowest BCUT2D eigenvalue weighted by Gasteiger charge is -2.19. The van der Waals surface area contributed by atoms with Crippen LogP contribution in [0.25, 0.3) is 0 Å². The molecular weight excluding hydrogens is 220 g/mol. The van der Waals surface area contributed by atoms with E-state index in [2.05, 4.69) is 9.56 Å². The maximum atomic E-state index is 11.2. The van der Waals surface area contributed by atoms with Gasteiger partial charge in [-0.05, 0) is 17.7 Å². The average Bonchev–Trinajstić information content (AvgIpc) is 2.16. The molecule has 0 aromatic heterocycles. The second-order valence-corrected chi connectivity index (χ2v) is 4.79. The second-order valence-electron chi connectivity index (χ2n) is 3.12. The molecule has 0 bridgehead atoms. The summed E-state index contributed by atoms with van der Waals surface area (Å²) in [5.41, 5.74) is 1.18. The van der Waals surface area contributed by atoms with Crippen LogP contribution in [0, 0.1) is 0 Å². The first-order valence-electron chi connectivity index (χ1n) is 4.18. The lowest BCUT2D eigenvalue weighted by Crippen LogP contribution is -2.25. The Balaban J connectivity index is 2.35. The molecule has 7 heteroatoms. The van der Waals surface area contributed by atoms with Crippen LogP contribution in [-0.2, 0) is 21.5 Å². The minimum atomic E-state index is -3.37. The van der Waals surface area contributed by atoms with Gasteiger partial charge in [-0.15, -0.1) is 0 Å². The number of hydrogen-bond acceptors (Lipinski definition) is 5. The molecular formula is C8H10N2O4S. The van der Waals surface area contributed by atoms with Crippen molar-refractivity contribution in [2.45, 2.75) is 6.61 Å². The van der Waals surface area contributed by atoms with Crippen LogP contribution in [0.15, 0.2) is 18.2 Å². The lowest BCUT2D eigenvalue weighted by atomic mass is 10.2. The Labute approximate surface area is 87.0 Å². The number of hydrogen-bond donors (Lipinski definition) is 2. The van der Waals surface area contributed by atoms with Crippen molar-refractivity contribution < 1.29 is 18.0 Å². The number of nitrogens with one attached hydrogen (secondary N) is 1. The van der Waals surface area contributed by atoms with Crippen molar-refractivity contribution in [2.24, 2.45) is 5.90 Å². The molecule has 1 aliphatic rings. The molecule has 0 fully saturated rings. The first-order valence-corrected chi connectivity index (χ1v) is 5.84. The minimum absolute atomic E-state index is 0.217. The molecule has 0 atom stereocenters. The van der Waals surface area contributed by atoms with Gasteiger partial charge in [-0.1, -0.05) is 6.07 Å². The van der Waals surface area contributed by atoms with Crippen LogP contribution < -0.4 is 15.4 Å². The number of nitrogens with two attached hydrogens (primary N) is 1. The van der Waals surface area contributed by atoms with Gasteiger partial charge in [0.1, 0.15) is 5.75 Å². The van der Waals surface area contributed by atoms with Gasteiger partial charge in [0.05, 0.1) is 12.3 Å². The highest BCUT2D eigenvalue weighted by atomic mass is 32.2. The monoisotopic (exact) mass is 230 g/mol. The van der Waals surface area contributed by atoms with Crippen LogP contribution >= 0.6 is 0 Å². The molecule has 6 nitrogen and oxygen atoms in total. The van der Waals surface area contributed by atoms with Crippen LogP contribution in [0.5, 0.6) is 5.75 Å². The fraction of sp³-hybridized carbons (Fsp3) is 0.250. The van der Waals surface area contributed by atoms with E-state index in [4.69, 9.17) is 10.6 Å². The van der Waals surface area contributed by atoms with E-state index < -0.39 is 10.0 Å². The summed E-state index contributed by atoms with van der Waals surface area (Å²) in [6, 6.07) is 5.05. The maximum Gasteiger partial charge on any atom is 0.268 e. The van der Waals surface area contributed by atoms with Crippen molar-refractivity contribution in [2.75, 3.05) is 10.7 Å². The van der Waals surface area contributed by atoms with Crippen molar-refractivity contribution in [3.05, 3.63) is 23.8 Å². The van der Waals surface area contributed by atoms with Gasteiger partial charge in [-0.2, -0.15) is 0 Å². The Kier molecular flexibility index (Phi) is 2.51. The highest BCUT2D eigenvalue weighted by molar-refractivity contribution is 7.92. The largest absolute Gasteiger partial charge is 0.474 e. The van der Waals surface area contributed by atoms with Gasteiger partial charge >= 0.3 is 0 Å². The summed E-state index contributed by atoms with van der Waals surface area (Å²) in [6.45, 7) is 0.217. The van der Waals surface area contributed by atoms with E-state index >= 15 is 0 Å². The van der Waals surface area contributed by atoms with Gasteiger partial charge in [0.15, 0.2) is 0 Å². The lowest BCUT2D eigenvalue weighted by molar-refractivity contribution is 0.124. The summed E-state index contributed by atoms with van der Waals surface area (Å²) >= 11 is 0. The Hall–Kier alpha value is -1.31. The summed E-state index contributed by atoms with van der Waals surface area (Å²) in [7, 11) is -3.37. The third-order valence-corrected chi connectivity index (χ3v) is 2.89. The van der Waals surface area contributed by atoms with Crippen LogP contribution in [0.3, 0.4) is 0 Å². The van der Waals surface area contributed by atoms with E-state index in [1.807, 2.05) is 0 Å². The number of benzene rings is 1. The van der Waals surface area contributed by atoms with Gasteiger partial charge in [-0.25, -0.2) is 14.3 Å². The van der Waals surface area contributed by atoms with Crippen molar-refractivity contribution in [1.29, 1.82) is 0 Å². The zero-order chi connectivity index (χ0) is 10.9. The molecule has 0 amide bonds. The van der Waals surface area contributed by atoms with Crippen LogP contribution in [0.4, 0.5) is 5.69 Å². The highest BCUT2D eigenvalue weighted by Crippen LogP contribution is 2.30. The number of sulfonamides is 1. The van der Waals surface area contributed by atoms with Crippen molar-refractivity contribution in [3.63, 3.8) is 0 Å². The zero-order valence-electron chi connectivity index (χ0n) is 7.76. The Morgan fingerprint density at radius 2 is 2.33 bits per heavy atom. The van der Waals surface area contributed by atoms with Gasteiger partial charge in [0.2, 0.25) is 5.94 Å². The Morgan fingerprint density at radius 3 is 3.07 bits per heavy atom. The minimum Gasteiger partial charge on any atom is -0.474 e. The molecule has 3 N–H and O–H groups in total. The smallest absolute Gasteiger partial charge is 0.268 e. The average molecular weight is 230 g/mol. The molecule has 0 unspecified atom stereocenters. The number of ether oxygens (including phenoxy) is 1. The predicted molar refractivity (Wildman–Crippen MR) is 53.5 cm³/mol. The Morgan fingerprint density at radius 1 is 1.53 bits per heavy atom. The predicted octanol–water partition coefficient (Wildman–Crippen LogP) is 0.168. The van der Waals surface area contributed by atoms with E-state index in [-0.39, 0.29) is 12.5 Å². The highest BCUT2D eigenvalue weighted by Gasteiger charge is 2.21. The second kappa shape index (κ2) is 3.69. The summed E-state index contributed by atoms with van der Waals surface area (Å²) in [5.74, 6) is 5.07. The molecule has 1 aliphatic heterocycles. The van der Waals surface area contributed by atoms with Crippen LogP contribution in [-0.4, -0.2) is 14.4 Å². The number of rotatable bonds is 2. The molecule has 2 rings (SSSR count). The molecule has 1 aromatic carbocycles. The van der Waals surface area contributed by atoms with Crippen LogP contribution in [0.1, 0.15) is 5.56 Å². The molecule has 0 spiro atoms. The third-order valence-electron chi connectivity index (χ3n) is 1.93. The molecule has 0 saturated carbocycles. The van der Waals surface area contributed by atoms with E-state index in [1.54, 1.807) is 18.2 Å². The zero-order valence-corrected chi connectivity index (χ0v) is 8.58. The van der Waals surface area contributed by atoms with Gasteiger partial charge in [0.25, 0.3) is 10.0 Å². The molecule has 0 aliphatic carbocycles. The topological polar surface area (TPSA) is 90.6 Å². The molecule has 1 aromatic rings. The number of anilines is 1. The summed E-state index contributed by atoms with van der Waals surface area (Å²) in [5, 5.41) is 0. The van der Waals surface area contributed by atoms with E-state index in [0.717, 1.165) is 5.56 Å². The quantitative estimate of drug-likeness (QED) is 0.707. The van der Waals surface area contributed by atoms with Crippen molar-refractivity contribution in [1.82, 2.24) is 0 Å². The van der Waals surface area contributed by atoms with Crippen molar-refractivity contribution >= 4 is 15.7 Å². The van der Waals surface area contributed by atoms with Crippen LogP contribution in [0.2, 0.25) is 0 Å². The summed E-state index contributed by atoms with van der Waals surface area (Å²) in [4.78, 5) is 4.45. The fourth-order valence-electron chi connectivity index (χ4n) is 1.31. The van der Waals surface area contributed by atoms with E-state index in [0.29, 0.717) is 11.4 Å². The Bertz CT molecular complexity index is 472. The standard InChI is InChI=1S/C8H10N2O4S/c9-14-4-6-1-2-8-7(3-6)10-15(11,12)5-13-8/h1-3,10H,4-5,9H2. The molecule has 0 saturated heterocycles.